The molecule has 0 fully saturated rings. The Labute approximate surface area is 160 Å². The molecule has 0 N–H and O–H groups in total. The monoisotopic (exact) mass is 393 g/mol. The highest BCUT2D eigenvalue weighted by Crippen LogP contribution is 2.39. The Balaban J connectivity index is 2.36. The number of anilines is 1. The van der Waals surface area contributed by atoms with Crippen LogP contribution in [-0.4, -0.2) is 39.8 Å². The number of hydrogen-bond acceptors (Lipinski definition) is 5. The van der Waals surface area contributed by atoms with Crippen molar-refractivity contribution < 1.29 is 13.5 Å². The van der Waals surface area contributed by atoms with E-state index in [-0.39, 0.29) is 27.8 Å². The summed E-state index contributed by atoms with van der Waals surface area (Å²) in [6.45, 7) is 8.75. The number of benzene rings is 1. The molecule has 1 aromatic carbocycles. The number of fused-ring (bicyclic) bond motifs is 1. The van der Waals surface area contributed by atoms with E-state index < -0.39 is 11.6 Å². The van der Waals surface area contributed by atoms with E-state index in [1.807, 2.05) is 18.7 Å². The Hall–Kier alpha value is -2.74. The van der Waals surface area contributed by atoms with Crippen LogP contribution >= 0.6 is 11.6 Å². The first-order valence-corrected chi connectivity index (χ1v) is 8.57. The fourth-order valence-corrected chi connectivity index (χ4v) is 3.13. The number of halogens is 3. The van der Waals surface area contributed by atoms with Crippen molar-refractivity contribution in [2.45, 2.75) is 13.8 Å². The van der Waals surface area contributed by atoms with Crippen molar-refractivity contribution in [2.75, 3.05) is 25.1 Å². The summed E-state index contributed by atoms with van der Waals surface area (Å²) in [5.74, 6) is -0.885. The molecule has 2 heterocycles. The molecule has 0 saturated heterocycles. The van der Waals surface area contributed by atoms with Gasteiger partial charge in [-0.3, -0.25) is 0 Å². The Morgan fingerprint density at radius 3 is 2.70 bits per heavy atom. The van der Waals surface area contributed by atoms with E-state index in [0.717, 1.165) is 17.7 Å². The van der Waals surface area contributed by atoms with Gasteiger partial charge in [-0.15, -0.1) is 0 Å². The molecule has 142 valence electrons. The molecular weight excluding hydrogens is 376 g/mol. The molecular formula is C18H18ClF2N5O. The topological polar surface area (TPSA) is 55.5 Å². The second kappa shape index (κ2) is 7.48. The first kappa shape index (κ1) is 19.0. The lowest BCUT2D eigenvalue weighted by molar-refractivity contribution is 0.383. The van der Waals surface area contributed by atoms with Crippen molar-refractivity contribution in [1.29, 1.82) is 0 Å². The van der Waals surface area contributed by atoms with Crippen LogP contribution in [0.4, 0.5) is 14.6 Å². The van der Waals surface area contributed by atoms with E-state index in [9.17, 15) is 8.78 Å². The van der Waals surface area contributed by atoms with Crippen molar-refractivity contribution in [1.82, 2.24) is 19.6 Å². The Bertz CT molecular complexity index is 1020. The molecule has 0 saturated carbocycles. The highest BCUT2D eigenvalue weighted by Gasteiger charge is 2.25. The Morgan fingerprint density at radius 1 is 1.33 bits per heavy atom. The summed E-state index contributed by atoms with van der Waals surface area (Å²) in [6.07, 6.45) is 1.32. The summed E-state index contributed by atoms with van der Waals surface area (Å²) in [6, 6.07) is 2.02. The molecule has 0 aliphatic rings. The summed E-state index contributed by atoms with van der Waals surface area (Å²) in [7, 11) is 1.27. The number of likely N-dealkylation sites (N-methyl/N-ethyl adjacent to an activating group) is 1. The molecule has 27 heavy (non-hydrogen) atoms. The molecule has 3 rings (SSSR count). The van der Waals surface area contributed by atoms with Gasteiger partial charge >= 0.3 is 0 Å². The fourth-order valence-electron chi connectivity index (χ4n) is 2.87. The molecule has 0 atom stereocenters. The summed E-state index contributed by atoms with van der Waals surface area (Å²) >= 11 is 6.37. The third-order valence-corrected chi connectivity index (χ3v) is 4.28. The van der Waals surface area contributed by atoms with E-state index in [0.29, 0.717) is 18.9 Å². The maximum absolute atomic E-state index is 14.8. The molecule has 3 aromatic rings. The molecule has 9 heteroatoms. The Kier molecular flexibility index (Phi) is 5.27. The molecule has 0 bridgehead atoms. The van der Waals surface area contributed by atoms with Gasteiger partial charge in [-0.1, -0.05) is 23.8 Å². The zero-order chi connectivity index (χ0) is 19.7. The average molecular weight is 394 g/mol. The van der Waals surface area contributed by atoms with Crippen LogP contribution < -0.4 is 9.64 Å². The number of aromatic nitrogens is 4. The minimum absolute atomic E-state index is 0.00543. The third kappa shape index (κ3) is 3.44. The van der Waals surface area contributed by atoms with Crippen LogP contribution in [0, 0.1) is 11.6 Å². The third-order valence-electron chi connectivity index (χ3n) is 4.01. The second-order valence-corrected chi connectivity index (χ2v) is 6.37. The number of ether oxygens (including phenoxy) is 1. The average Bonchev–Trinajstić information content (AvgIpc) is 3.08. The lowest BCUT2D eigenvalue weighted by Gasteiger charge is -2.26. The van der Waals surface area contributed by atoms with Crippen molar-refractivity contribution in [3.63, 3.8) is 0 Å². The largest absolute Gasteiger partial charge is 0.494 e. The van der Waals surface area contributed by atoms with E-state index in [4.69, 9.17) is 16.3 Å². The molecule has 0 aliphatic carbocycles. The number of nitrogens with zero attached hydrogens (tertiary/aromatic N) is 5. The maximum Gasteiger partial charge on any atom is 0.255 e. The lowest BCUT2D eigenvalue weighted by Crippen LogP contribution is -2.28. The molecule has 2 aromatic heterocycles. The highest BCUT2D eigenvalue weighted by molar-refractivity contribution is 6.33. The molecule has 0 spiro atoms. The van der Waals surface area contributed by atoms with E-state index in [1.165, 1.54) is 18.0 Å². The van der Waals surface area contributed by atoms with Crippen molar-refractivity contribution in [2.24, 2.45) is 0 Å². The summed E-state index contributed by atoms with van der Waals surface area (Å²) < 4.78 is 35.4. The summed E-state index contributed by atoms with van der Waals surface area (Å²) in [4.78, 5) is 10.1. The van der Waals surface area contributed by atoms with Gasteiger partial charge in [-0.2, -0.15) is 19.6 Å². The van der Waals surface area contributed by atoms with Crippen molar-refractivity contribution >= 4 is 23.2 Å². The van der Waals surface area contributed by atoms with Crippen molar-refractivity contribution in [3.05, 3.63) is 47.4 Å². The van der Waals surface area contributed by atoms with E-state index in [1.54, 1.807) is 0 Å². The fraction of sp³-hybridized carbons (Fsp3) is 0.278. The maximum atomic E-state index is 14.8. The van der Waals surface area contributed by atoms with Gasteiger partial charge < -0.3 is 9.64 Å². The summed E-state index contributed by atoms with van der Waals surface area (Å²) in [5.41, 5.74) is 1.06. The van der Waals surface area contributed by atoms with Gasteiger partial charge in [0.2, 0.25) is 0 Å². The minimum Gasteiger partial charge on any atom is -0.494 e. The van der Waals surface area contributed by atoms with Gasteiger partial charge in [-0.05, 0) is 19.9 Å². The van der Waals surface area contributed by atoms with Gasteiger partial charge in [0, 0.05) is 24.7 Å². The van der Waals surface area contributed by atoms with Crippen LogP contribution in [0.2, 0.25) is 5.15 Å². The SMILES string of the molecule is C=C(C)CN(CC)c1c(-c2cc(F)c(OC)cc2F)c(Cl)nc2ncnn12. The smallest absolute Gasteiger partial charge is 0.255 e. The number of hydrogen-bond donors (Lipinski definition) is 0. The molecule has 0 amide bonds. The second-order valence-electron chi connectivity index (χ2n) is 6.01. The van der Waals surface area contributed by atoms with Crippen LogP contribution in [0.25, 0.3) is 16.9 Å². The van der Waals surface area contributed by atoms with Crippen LogP contribution in [0.15, 0.2) is 30.6 Å². The highest BCUT2D eigenvalue weighted by atomic mass is 35.5. The van der Waals surface area contributed by atoms with Crippen LogP contribution in [0.5, 0.6) is 5.75 Å². The minimum atomic E-state index is -0.711. The molecule has 0 aliphatic heterocycles. The molecule has 6 nitrogen and oxygen atoms in total. The van der Waals surface area contributed by atoms with Gasteiger partial charge in [0.1, 0.15) is 23.1 Å². The standard InChI is InChI=1S/C18H18ClF2N5O/c1-5-25(8-10(2)3)17-15(16(19)24-18-22-9-23-26(17)18)11-6-13(21)14(27-4)7-12(11)20/h6-7,9H,2,5,8H2,1,3-4H3. The predicted molar refractivity (Wildman–Crippen MR) is 100 cm³/mol. The normalized spacial score (nSPS) is 11.0. The van der Waals surface area contributed by atoms with Gasteiger partial charge in [0.05, 0.1) is 12.7 Å². The van der Waals surface area contributed by atoms with Crippen LogP contribution in [-0.2, 0) is 0 Å². The van der Waals surface area contributed by atoms with E-state index in [2.05, 4.69) is 21.6 Å². The first-order chi connectivity index (χ1) is 12.9. The van der Waals surface area contributed by atoms with E-state index >= 15 is 0 Å². The van der Waals surface area contributed by atoms with Crippen LogP contribution in [0.3, 0.4) is 0 Å². The number of methoxy groups -OCH3 is 1. The summed E-state index contributed by atoms with van der Waals surface area (Å²) in [5, 5.41) is 4.17. The van der Waals surface area contributed by atoms with Gasteiger partial charge in [0.25, 0.3) is 5.78 Å². The first-order valence-electron chi connectivity index (χ1n) is 8.19. The van der Waals surface area contributed by atoms with Crippen LogP contribution in [0.1, 0.15) is 13.8 Å². The molecule has 0 unspecified atom stereocenters. The zero-order valence-electron chi connectivity index (χ0n) is 15.1. The van der Waals surface area contributed by atoms with Crippen molar-refractivity contribution in [3.8, 4) is 16.9 Å². The Morgan fingerprint density at radius 2 is 2.07 bits per heavy atom. The molecule has 0 radical (unpaired) electrons. The number of rotatable bonds is 6. The quantitative estimate of drug-likeness (QED) is 0.465. The lowest BCUT2D eigenvalue weighted by atomic mass is 10.1. The van der Waals surface area contributed by atoms with Gasteiger partial charge in [0.15, 0.2) is 11.6 Å². The predicted octanol–water partition coefficient (Wildman–Crippen LogP) is 4.13. The van der Waals surface area contributed by atoms with Gasteiger partial charge in [-0.25, -0.2) is 8.78 Å². The zero-order valence-corrected chi connectivity index (χ0v) is 15.9.